The lowest BCUT2D eigenvalue weighted by molar-refractivity contribution is -0.157. The van der Waals surface area contributed by atoms with E-state index < -0.39 is 17.9 Å². The minimum Gasteiger partial charge on any atom is -0.465 e. The van der Waals surface area contributed by atoms with E-state index in [2.05, 4.69) is 5.10 Å². The number of hydrogen-bond donors (Lipinski definition) is 0. The molecular formula is C11H18N2O4S2. The van der Waals surface area contributed by atoms with Gasteiger partial charge in [-0.15, -0.1) is 0 Å². The van der Waals surface area contributed by atoms with E-state index in [1.807, 2.05) is 6.26 Å². The van der Waals surface area contributed by atoms with Crippen molar-refractivity contribution in [3.8, 4) is 0 Å². The van der Waals surface area contributed by atoms with E-state index in [1.165, 1.54) is 23.0 Å². The lowest BCUT2D eigenvalue weighted by Gasteiger charge is -2.14. The van der Waals surface area contributed by atoms with Crippen molar-refractivity contribution < 1.29 is 19.1 Å². The normalized spacial score (nSPS) is 10.6. The molecule has 0 aromatic heterocycles. The molecule has 0 atom stereocenters. The third-order valence-electron chi connectivity index (χ3n) is 1.91. The summed E-state index contributed by atoms with van der Waals surface area (Å²) in [5.74, 6) is -2.55. The quantitative estimate of drug-likeness (QED) is 0.241. The predicted molar refractivity (Wildman–Crippen MR) is 79.1 cm³/mol. The van der Waals surface area contributed by atoms with Crippen molar-refractivity contribution in [2.75, 3.05) is 26.5 Å². The molecule has 0 aromatic rings. The van der Waals surface area contributed by atoms with Crippen molar-refractivity contribution >= 4 is 46.5 Å². The molecule has 0 saturated carbocycles. The lowest BCUT2D eigenvalue weighted by Crippen LogP contribution is -2.30. The van der Waals surface area contributed by atoms with Crippen LogP contribution in [-0.4, -0.2) is 54.0 Å². The zero-order valence-electron chi connectivity index (χ0n) is 11.4. The van der Waals surface area contributed by atoms with Crippen LogP contribution < -0.4 is 0 Å². The first-order valence-corrected chi connectivity index (χ1v) is 7.30. The first kappa shape index (κ1) is 17.8. The molecule has 0 aliphatic carbocycles. The number of esters is 2. The molecule has 0 heterocycles. The second-order valence-electron chi connectivity index (χ2n) is 3.24. The van der Waals surface area contributed by atoms with Gasteiger partial charge in [0.15, 0.2) is 10.2 Å². The molecule has 108 valence electrons. The van der Waals surface area contributed by atoms with Crippen LogP contribution in [0.5, 0.6) is 0 Å². The van der Waals surface area contributed by atoms with Gasteiger partial charge in [-0.05, 0) is 20.1 Å². The Kier molecular flexibility index (Phi) is 9.15. The number of nitrogens with zero attached hydrogens (tertiary/aromatic N) is 2. The van der Waals surface area contributed by atoms with Gasteiger partial charge in [0.2, 0.25) is 0 Å². The summed E-state index contributed by atoms with van der Waals surface area (Å²) >= 11 is 6.34. The third-order valence-corrected chi connectivity index (χ3v) is 3.29. The zero-order valence-corrected chi connectivity index (χ0v) is 13.0. The van der Waals surface area contributed by atoms with Gasteiger partial charge in [-0.2, -0.15) is 5.10 Å². The van der Waals surface area contributed by atoms with E-state index in [9.17, 15) is 9.59 Å². The van der Waals surface area contributed by atoms with Gasteiger partial charge >= 0.3 is 11.9 Å². The van der Waals surface area contributed by atoms with Gasteiger partial charge in [0.05, 0.1) is 19.4 Å². The topological polar surface area (TPSA) is 68.2 Å². The summed E-state index contributed by atoms with van der Waals surface area (Å²) in [6.45, 7) is 3.68. The van der Waals surface area contributed by atoms with Crippen molar-refractivity contribution in [3.05, 3.63) is 0 Å². The lowest BCUT2D eigenvalue weighted by atomic mass is 10.2. The van der Waals surface area contributed by atoms with E-state index in [1.54, 1.807) is 20.9 Å². The average Bonchev–Trinajstić information content (AvgIpc) is 2.38. The Morgan fingerprint density at radius 3 is 2.16 bits per heavy atom. The summed E-state index contributed by atoms with van der Waals surface area (Å²) in [6, 6.07) is 0. The molecule has 6 nitrogen and oxygen atoms in total. The van der Waals surface area contributed by atoms with Crippen LogP contribution in [0.2, 0.25) is 0 Å². The predicted octanol–water partition coefficient (Wildman–Crippen LogP) is 1.29. The summed E-state index contributed by atoms with van der Waals surface area (Å²) in [6.07, 6.45) is 2.99. The number of hydrazone groups is 1. The molecule has 19 heavy (non-hydrogen) atoms. The van der Waals surface area contributed by atoms with Crippen LogP contribution in [0.15, 0.2) is 5.10 Å². The molecule has 0 aromatic carbocycles. The van der Waals surface area contributed by atoms with Crippen molar-refractivity contribution in [3.63, 3.8) is 0 Å². The molecule has 0 saturated heterocycles. The van der Waals surface area contributed by atoms with Crippen molar-refractivity contribution in [2.24, 2.45) is 11.0 Å². The van der Waals surface area contributed by atoms with Gasteiger partial charge in [-0.25, -0.2) is 0 Å². The van der Waals surface area contributed by atoms with Crippen LogP contribution in [0.3, 0.4) is 0 Å². The fourth-order valence-electron chi connectivity index (χ4n) is 1.03. The molecule has 0 bridgehead atoms. The summed E-state index contributed by atoms with van der Waals surface area (Å²) < 4.78 is 10.1. The number of carbonyl (C=O) groups is 2. The minimum absolute atomic E-state index is 0.182. The highest BCUT2D eigenvalue weighted by molar-refractivity contribution is 8.22. The summed E-state index contributed by atoms with van der Waals surface area (Å²) in [4.78, 5) is 23.3. The number of ether oxygens (including phenoxy) is 2. The molecule has 0 aliphatic heterocycles. The number of thioether (sulfide) groups is 1. The molecule has 0 unspecified atom stereocenters. The van der Waals surface area contributed by atoms with E-state index in [0.717, 1.165) is 0 Å². The molecule has 0 spiro atoms. The maximum atomic E-state index is 11.6. The van der Waals surface area contributed by atoms with Gasteiger partial charge in [-0.1, -0.05) is 24.0 Å². The molecule has 8 heteroatoms. The zero-order chi connectivity index (χ0) is 14.8. The van der Waals surface area contributed by atoms with Crippen molar-refractivity contribution in [2.45, 2.75) is 13.8 Å². The minimum atomic E-state index is -1.17. The number of hydrogen-bond acceptors (Lipinski definition) is 7. The van der Waals surface area contributed by atoms with Gasteiger partial charge in [-0.3, -0.25) is 14.6 Å². The summed E-state index contributed by atoms with van der Waals surface area (Å²) in [5, 5.41) is 5.34. The standard InChI is InChI=1S/C11H18N2O4S2/c1-5-16-9(14)8(10(15)17-6-2)7-12-13(3)11(18)19-4/h7-8H,5-6H2,1-4H3. The van der Waals surface area contributed by atoms with Gasteiger partial charge in [0.25, 0.3) is 0 Å². The fourth-order valence-corrected chi connectivity index (χ4v) is 1.39. The highest BCUT2D eigenvalue weighted by atomic mass is 32.2. The Morgan fingerprint density at radius 2 is 1.79 bits per heavy atom. The Morgan fingerprint density at radius 1 is 1.32 bits per heavy atom. The molecule has 0 rings (SSSR count). The maximum absolute atomic E-state index is 11.6. The number of rotatable bonds is 6. The number of thiocarbonyl (C=S) groups is 1. The van der Waals surface area contributed by atoms with Crippen LogP contribution in [0.4, 0.5) is 0 Å². The highest BCUT2D eigenvalue weighted by Gasteiger charge is 2.28. The number of carbonyl (C=O) groups excluding carboxylic acids is 2. The molecule has 0 N–H and O–H groups in total. The first-order chi connectivity index (χ1) is 8.97. The Labute approximate surface area is 122 Å². The Bertz CT molecular complexity index is 343. The Hall–Kier alpha value is -1.15. The van der Waals surface area contributed by atoms with Crippen LogP contribution in [0.1, 0.15) is 13.8 Å². The summed E-state index contributed by atoms with van der Waals surface area (Å²) in [5.41, 5.74) is 0. The van der Waals surface area contributed by atoms with E-state index in [0.29, 0.717) is 4.32 Å². The fraction of sp³-hybridized carbons (Fsp3) is 0.636. The van der Waals surface area contributed by atoms with E-state index in [4.69, 9.17) is 21.7 Å². The van der Waals surface area contributed by atoms with Crippen LogP contribution in [0.25, 0.3) is 0 Å². The van der Waals surface area contributed by atoms with E-state index in [-0.39, 0.29) is 13.2 Å². The van der Waals surface area contributed by atoms with Gasteiger partial charge in [0, 0.05) is 7.05 Å². The molecule has 0 aliphatic rings. The molecule has 0 amide bonds. The molecule has 0 radical (unpaired) electrons. The van der Waals surface area contributed by atoms with Crippen molar-refractivity contribution in [1.29, 1.82) is 0 Å². The SMILES string of the molecule is CCOC(=O)C(C=NN(C)C(=S)SC)C(=O)OCC. The third kappa shape index (κ3) is 6.53. The van der Waals surface area contributed by atoms with Crippen molar-refractivity contribution in [1.82, 2.24) is 5.01 Å². The molecular weight excluding hydrogens is 288 g/mol. The van der Waals surface area contributed by atoms with Gasteiger partial charge < -0.3 is 9.47 Å². The van der Waals surface area contributed by atoms with E-state index >= 15 is 0 Å². The largest absolute Gasteiger partial charge is 0.465 e. The summed E-state index contributed by atoms with van der Waals surface area (Å²) in [7, 11) is 1.63. The van der Waals surface area contributed by atoms with Crippen LogP contribution in [0, 0.1) is 5.92 Å². The molecule has 0 fully saturated rings. The average molecular weight is 306 g/mol. The first-order valence-electron chi connectivity index (χ1n) is 5.66. The second-order valence-corrected chi connectivity index (χ2v) is 4.68. The smallest absolute Gasteiger partial charge is 0.325 e. The van der Waals surface area contributed by atoms with Crippen LogP contribution in [-0.2, 0) is 19.1 Å². The van der Waals surface area contributed by atoms with Gasteiger partial charge in [0.1, 0.15) is 0 Å². The maximum Gasteiger partial charge on any atom is 0.325 e. The van der Waals surface area contributed by atoms with Crippen LogP contribution >= 0.6 is 24.0 Å². The monoisotopic (exact) mass is 306 g/mol. The second kappa shape index (κ2) is 9.74. The highest BCUT2D eigenvalue weighted by Crippen LogP contribution is 2.05. The Balaban J connectivity index is 4.84.